The molecule has 24 heavy (non-hydrogen) atoms. The van der Waals surface area contributed by atoms with Gasteiger partial charge in [0.1, 0.15) is 11.9 Å². The average Bonchev–Trinajstić information content (AvgIpc) is 3.35. The Morgan fingerprint density at radius 3 is 3.08 bits per heavy atom. The summed E-state index contributed by atoms with van der Waals surface area (Å²) in [6, 6.07) is 6.31. The fourth-order valence-electron chi connectivity index (χ4n) is 3.72. The van der Waals surface area contributed by atoms with Crippen LogP contribution in [0.1, 0.15) is 30.6 Å². The molecule has 4 rings (SSSR count). The summed E-state index contributed by atoms with van der Waals surface area (Å²) in [7, 11) is 0. The number of amides is 1. The SMILES string of the molecule is O=C(NCc1ccco1)[C@@H]1CC[C@H]2[C@H](CCN2Cc2ccsc2)O1. The van der Waals surface area contributed by atoms with E-state index in [1.165, 1.54) is 5.56 Å². The normalized spacial score (nSPS) is 27.1. The highest BCUT2D eigenvalue weighted by Gasteiger charge is 2.41. The fraction of sp³-hybridized carbons (Fsp3) is 0.500. The topological polar surface area (TPSA) is 54.7 Å². The Bertz CT molecular complexity index is 656. The summed E-state index contributed by atoms with van der Waals surface area (Å²) < 4.78 is 11.4. The minimum absolute atomic E-state index is 0.0267. The summed E-state index contributed by atoms with van der Waals surface area (Å²) in [5, 5.41) is 7.25. The summed E-state index contributed by atoms with van der Waals surface area (Å²) in [6.45, 7) is 2.46. The monoisotopic (exact) mass is 346 g/mol. The molecule has 5 nitrogen and oxygen atoms in total. The van der Waals surface area contributed by atoms with Crippen LogP contribution in [0, 0.1) is 0 Å². The van der Waals surface area contributed by atoms with Crippen LogP contribution in [0.15, 0.2) is 39.6 Å². The first-order valence-electron chi connectivity index (χ1n) is 8.50. The van der Waals surface area contributed by atoms with Gasteiger partial charge in [0.25, 0.3) is 0 Å². The fourth-order valence-corrected chi connectivity index (χ4v) is 4.38. The number of fused-ring (bicyclic) bond motifs is 1. The van der Waals surface area contributed by atoms with Crippen molar-refractivity contribution in [2.24, 2.45) is 0 Å². The molecule has 6 heteroatoms. The summed E-state index contributed by atoms with van der Waals surface area (Å²) in [5.41, 5.74) is 1.37. The molecule has 3 atom stereocenters. The van der Waals surface area contributed by atoms with E-state index < -0.39 is 0 Å². The molecule has 2 aliphatic heterocycles. The van der Waals surface area contributed by atoms with Crippen molar-refractivity contribution in [3.05, 3.63) is 46.5 Å². The van der Waals surface area contributed by atoms with E-state index >= 15 is 0 Å². The number of carbonyl (C=O) groups is 1. The van der Waals surface area contributed by atoms with Crippen molar-refractivity contribution in [1.82, 2.24) is 10.2 Å². The summed E-state index contributed by atoms with van der Waals surface area (Å²) >= 11 is 1.74. The minimum atomic E-state index is -0.331. The molecule has 0 aromatic carbocycles. The number of carbonyl (C=O) groups excluding carboxylic acids is 1. The number of hydrogen-bond acceptors (Lipinski definition) is 5. The van der Waals surface area contributed by atoms with Crippen LogP contribution in [0.3, 0.4) is 0 Å². The van der Waals surface area contributed by atoms with E-state index in [2.05, 4.69) is 27.0 Å². The molecule has 2 fully saturated rings. The first kappa shape index (κ1) is 15.9. The van der Waals surface area contributed by atoms with Crippen LogP contribution in [0.2, 0.25) is 0 Å². The number of rotatable bonds is 5. The number of hydrogen-bond donors (Lipinski definition) is 1. The molecule has 0 bridgehead atoms. The molecule has 2 aromatic heterocycles. The lowest BCUT2D eigenvalue weighted by Gasteiger charge is -2.35. The van der Waals surface area contributed by atoms with E-state index in [1.807, 2.05) is 12.1 Å². The zero-order chi connectivity index (χ0) is 16.4. The lowest BCUT2D eigenvalue weighted by atomic mass is 9.98. The van der Waals surface area contributed by atoms with Crippen molar-refractivity contribution in [2.75, 3.05) is 6.54 Å². The lowest BCUT2D eigenvalue weighted by Crippen LogP contribution is -2.47. The highest BCUT2D eigenvalue weighted by atomic mass is 32.1. The van der Waals surface area contributed by atoms with Gasteiger partial charge in [-0.2, -0.15) is 11.3 Å². The second kappa shape index (κ2) is 7.09. The maximum absolute atomic E-state index is 12.3. The third kappa shape index (κ3) is 3.41. The molecule has 0 aliphatic carbocycles. The van der Waals surface area contributed by atoms with Gasteiger partial charge in [-0.1, -0.05) is 0 Å². The Kier molecular flexibility index (Phi) is 4.69. The van der Waals surface area contributed by atoms with E-state index in [0.717, 1.165) is 38.1 Å². The molecule has 0 saturated carbocycles. The van der Waals surface area contributed by atoms with Gasteiger partial charge < -0.3 is 14.5 Å². The molecule has 0 spiro atoms. The molecular formula is C18H22N2O3S. The zero-order valence-electron chi connectivity index (χ0n) is 13.5. The smallest absolute Gasteiger partial charge is 0.249 e. The molecule has 0 radical (unpaired) electrons. The van der Waals surface area contributed by atoms with Gasteiger partial charge in [0, 0.05) is 19.1 Å². The van der Waals surface area contributed by atoms with E-state index in [0.29, 0.717) is 12.6 Å². The van der Waals surface area contributed by atoms with Gasteiger partial charge in [-0.05, 0) is 53.8 Å². The number of ether oxygens (including phenoxy) is 1. The maximum atomic E-state index is 12.3. The third-order valence-corrected chi connectivity index (χ3v) is 5.67. The predicted molar refractivity (Wildman–Crippen MR) is 91.6 cm³/mol. The standard InChI is InChI=1S/C18H22N2O3S/c21-18(19-10-14-2-1-8-22-14)17-4-3-15-16(23-17)5-7-20(15)11-13-6-9-24-12-13/h1-2,6,8-9,12,15-17H,3-5,7,10-11H2,(H,19,21)/t15-,16-,17-/m0/s1. The predicted octanol–water partition coefficient (Wildman–Crippen LogP) is 2.78. The molecule has 1 amide bonds. The van der Waals surface area contributed by atoms with Crippen LogP contribution in [-0.4, -0.2) is 35.6 Å². The molecule has 1 N–H and O–H groups in total. The Balaban J connectivity index is 1.29. The number of nitrogens with one attached hydrogen (secondary N) is 1. The Morgan fingerprint density at radius 1 is 1.33 bits per heavy atom. The first-order valence-corrected chi connectivity index (χ1v) is 9.44. The summed E-state index contributed by atoms with van der Waals surface area (Å²) in [4.78, 5) is 14.8. The Morgan fingerprint density at radius 2 is 2.29 bits per heavy atom. The number of thiophene rings is 1. The van der Waals surface area contributed by atoms with Crippen molar-refractivity contribution in [3.63, 3.8) is 0 Å². The third-order valence-electron chi connectivity index (χ3n) is 4.94. The largest absolute Gasteiger partial charge is 0.467 e. The number of nitrogens with zero attached hydrogens (tertiary/aromatic N) is 1. The van der Waals surface area contributed by atoms with Crippen molar-refractivity contribution in [1.29, 1.82) is 0 Å². The van der Waals surface area contributed by atoms with Crippen molar-refractivity contribution in [3.8, 4) is 0 Å². The van der Waals surface area contributed by atoms with Crippen LogP contribution in [0.4, 0.5) is 0 Å². The quantitative estimate of drug-likeness (QED) is 0.904. The summed E-state index contributed by atoms with van der Waals surface area (Å²) in [6.07, 6.45) is 4.28. The Labute approximate surface area is 145 Å². The lowest BCUT2D eigenvalue weighted by molar-refractivity contribution is -0.144. The summed E-state index contributed by atoms with van der Waals surface area (Å²) in [5.74, 6) is 0.737. The first-order chi connectivity index (χ1) is 11.8. The molecule has 2 saturated heterocycles. The van der Waals surface area contributed by atoms with Crippen LogP contribution in [0.5, 0.6) is 0 Å². The highest BCUT2D eigenvalue weighted by Crippen LogP contribution is 2.32. The van der Waals surface area contributed by atoms with E-state index in [9.17, 15) is 4.79 Å². The van der Waals surface area contributed by atoms with Crippen LogP contribution in [-0.2, 0) is 22.6 Å². The van der Waals surface area contributed by atoms with Gasteiger partial charge in [-0.3, -0.25) is 9.69 Å². The average molecular weight is 346 g/mol. The van der Waals surface area contributed by atoms with Crippen LogP contribution in [0.25, 0.3) is 0 Å². The van der Waals surface area contributed by atoms with E-state index in [-0.39, 0.29) is 18.1 Å². The molecule has 4 heterocycles. The van der Waals surface area contributed by atoms with E-state index in [1.54, 1.807) is 17.6 Å². The van der Waals surface area contributed by atoms with Gasteiger partial charge in [0.15, 0.2) is 0 Å². The van der Waals surface area contributed by atoms with E-state index in [4.69, 9.17) is 9.15 Å². The Hall–Kier alpha value is -1.63. The molecule has 2 aromatic rings. The molecular weight excluding hydrogens is 324 g/mol. The van der Waals surface area contributed by atoms with Crippen molar-refractivity contribution < 1.29 is 13.9 Å². The zero-order valence-corrected chi connectivity index (χ0v) is 14.3. The number of furan rings is 1. The second-order valence-electron chi connectivity index (χ2n) is 6.50. The maximum Gasteiger partial charge on any atom is 0.249 e. The van der Waals surface area contributed by atoms with Gasteiger partial charge in [-0.25, -0.2) is 0 Å². The van der Waals surface area contributed by atoms with Crippen molar-refractivity contribution in [2.45, 2.75) is 50.6 Å². The van der Waals surface area contributed by atoms with Gasteiger partial charge in [-0.15, -0.1) is 0 Å². The number of likely N-dealkylation sites (tertiary alicyclic amines) is 1. The molecule has 128 valence electrons. The van der Waals surface area contributed by atoms with Gasteiger partial charge in [0.05, 0.1) is 18.9 Å². The van der Waals surface area contributed by atoms with Crippen molar-refractivity contribution >= 4 is 17.2 Å². The minimum Gasteiger partial charge on any atom is -0.467 e. The molecule has 0 unspecified atom stereocenters. The highest BCUT2D eigenvalue weighted by molar-refractivity contribution is 7.07. The molecule has 2 aliphatic rings. The second-order valence-corrected chi connectivity index (χ2v) is 7.28. The van der Waals surface area contributed by atoms with Crippen LogP contribution < -0.4 is 5.32 Å². The van der Waals surface area contributed by atoms with Crippen LogP contribution >= 0.6 is 11.3 Å². The van der Waals surface area contributed by atoms with Gasteiger partial charge in [0.2, 0.25) is 5.91 Å². The van der Waals surface area contributed by atoms with Gasteiger partial charge >= 0.3 is 0 Å².